The standard InChI is InChI=1S/C15H24N2S/c1-12-4-6-15(7-5-12)18-9-8-17-10-13(2)16-14(3)11-17/h4-7,13-14,16H,8-11H2,1-3H3. The van der Waals surface area contributed by atoms with Gasteiger partial charge in [0.15, 0.2) is 0 Å². The number of benzene rings is 1. The Balaban J connectivity index is 1.73. The maximum absolute atomic E-state index is 3.58. The van der Waals surface area contributed by atoms with Gasteiger partial charge in [-0.2, -0.15) is 0 Å². The van der Waals surface area contributed by atoms with E-state index >= 15 is 0 Å². The molecule has 1 aliphatic heterocycles. The Kier molecular flexibility index (Phi) is 5.10. The number of piperazine rings is 1. The number of rotatable bonds is 4. The monoisotopic (exact) mass is 264 g/mol. The summed E-state index contributed by atoms with van der Waals surface area (Å²) in [5.74, 6) is 1.18. The molecule has 100 valence electrons. The minimum absolute atomic E-state index is 0.623. The summed E-state index contributed by atoms with van der Waals surface area (Å²) in [6.07, 6.45) is 0. The smallest absolute Gasteiger partial charge is 0.0169 e. The average molecular weight is 264 g/mol. The van der Waals surface area contributed by atoms with Crippen LogP contribution in [0.1, 0.15) is 19.4 Å². The Morgan fingerprint density at radius 3 is 2.39 bits per heavy atom. The summed E-state index contributed by atoms with van der Waals surface area (Å²) < 4.78 is 0. The van der Waals surface area contributed by atoms with Crippen LogP contribution in [0, 0.1) is 6.92 Å². The summed E-state index contributed by atoms with van der Waals surface area (Å²) in [4.78, 5) is 3.96. The first kappa shape index (κ1) is 13.9. The van der Waals surface area contributed by atoms with Crippen LogP contribution in [0.2, 0.25) is 0 Å². The van der Waals surface area contributed by atoms with E-state index in [1.165, 1.54) is 35.8 Å². The van der Waals surface area contributed by atoms with Gasteiger partial charge in [0.1, 0.15) is 0 Å². The molecule has 1 aromatic rings. The Morgan fingerprint density at radius 2 is 1.78 bits per heavy atom. The zero-order chi connectivity index (χ0) is 13.0. The highest BCUT2D eigenvalue weighted by Crippen LogP contribution is 2.18. The van der Waals surface area contributed by atoms with Gasteiger partial charge in [-0.3, -0.25) is 4.90 Å². The van der Waals surface area contributed by atoms with Crippen LogP contribution in [-0.4, -0.2) is 42.4 Å². The number of nitrogens with zero attached hydrogens (tertiary/aromatic N) is 1. The molecule has 0 bridgehead atoms. The largest absolute Gasteiger partial charge is 0.309 e. The van der Waals surface area contributed by atoms with Crippen LogP contribution in [0.5, 0.6) is 0 Å². The molecular weight excluding hydrogens is 240 g/mol. The van der Waals surface area contributed by atoms with Crippen molar-refractivity contribution in [3.05, 3.63) is 29.8 Å². The van der Waals surface area contributed by atoms with Gasteiger partial charge in [0.2, 0.25) is 0 Å². The fraction of sp³-hybridized carbons (Fsp3) is 0.600. The molecule has 18 heavy (non-hydrogen) atoms. The minimum atomic E-state index is 0.623. The number of thioether (sulfide) groups is 1. The first-order valence-electron chi connectivity index (χ1n) is 6.81. The molecule has 0 amide bonds. The zero-order valence-electron chi connectivity index (χ0n) is 11.6. The molecule has 2 unspecified atom stereocenters. The summed E-state index contributed by atoms with van der Waals surface area (Å²) in [7, 11) is 0. The maximum atomic E-state index is 3.58. The van der Waals surface area contributed by atoms with Crippen LogP contribution in [0.25, 0.3) is 0 Å². The Morgan fingerprint density at radius 1 is 1.17 bits per heavy atom. The molecule has 1 heterocycles. The van der Waals surface area contributed by atoms with E-state index in [1.807, 2.05) is 11.8 Å². The average Bonchev–Trinajstić information content (AvgIpc) is 2.30. The van der Waals surface area contributed by atoms with Crippen LogP contribution in [0.15, 0.2) is 29.2 Å². The van der Waals surface area contributed by atoms with E-state index in [0.29, 0.717) is 12.1 Å². The van der Waals surface area contributed by atoms with Gasteiger partial charge in [0.25, 0.3) is 0 Å². The summed E-state index contributed by atoms with van der Waals surface area (Å²) in [5, 5.41) is 3.58. The molecule has 0 spiro atoms. The van der Waals surface area contributed by atoms with Crippen LogP contribution < -0.4 is 5.32 Å². The second-order valence-corrected chi connectivity index (χ2v) is 6.56. The van der Waals surface area contributed by atoms with E-state index < -0.39 is 0 Å². The predicted octanol–water partition coefficient (Wildman–Crippen LogP) is 2.77. The third-order valence-corrected chi connectivity index (χ3v) is 4.32. The van der Waals surface area contributed by atoms with Crippen LogP contribution in [-0.2, 0) is 0 Å². The molecule has 1 fully saturated rings. The molecule has 0 aliphatic carbocycles. The van der Waals surface area contributed by atoms with E-state index in [-0.39, 0.29) is 0 Å². The topological polar surface area (TPSA) is 15.3 Å². The van der Waals surface area contributed by atoms with E-state index in [2.05, 4.69) is 55.3 Å². The van der Waals surface area contributed by atoms with Crippen LogP contribution in [0.4, 0.5) is 0 Å². The molecule has 1 saturated heterocycles. The number of hydrogen-bond acceptors (Lipinski definition) is 3. The fourth-order valence-corrected chi connectivity index (χ4v) is 3.46. The van der Waals surface area contributed by atoms with Gasteiger partial charge >= 0.3 is 0 Å². The summed E-state index contributed by atoms with van der Waals surface area (Å²) in [6, 6.07) is 10.1. The van der Waals surface area contributed by atoms with Gasteiger partial charge in [-0.25, -0.2) is 0 Å². The van der Waals surface area contributed by atoms with E-state index in [1.54, 1.807) is 0 Å². The van der Waals surface area contributed by atoms with Crippen molar-refractivity contribution in [2.75, 3.05) is 25.4 Å². The lowest BCUT2D eigenvalue weighted by Crippen LogP contribution is -2.54. The first-order chi connectivity index (χ1) is 8.63. The zero-order valence-corrected chi connectivity index (χ0v) is 12.5. The predicted molar refractivity (Wildman–Crippen MR) is 80.4 cm³/mol. The van der Waals surface area contributed by atoms with Crippen molar-refractivity contribution >= 4 is 11.8 Å². The molecule has 3 heteroatoms. The fourth-order valence-electron chi connectivity index (χ4n) is 2.55. The van der Waals surface area contributed by atoms with Crippen molar-refractivity contribution in [3.63, 3.8) is 0 Å². The second kappa shape index (κ2) is 6.60. The molecule has 0 radical (unpaired) electrons. The van der Waals surface area contributed by atoms with Gasteiger partial charge in [-0.1, -0.05) is 17.7 Å². The van der Waals surface area contributed by atoms with E-state index in [4.69, 9.17) is 0 Å². The second-order valence-electron chi connectivity index (χ2n) is 5.39. The Bertz CT molecular complexity index is 353. The quantitative estimate of drug-likeness (QED) is 0.842. The van der Waals surface area contributed by atoms with Gasteiger partial charge in [0.05, 0.1) is 0 Å². The third kappa shape index (κ3) is 4.30. The lowest BCUT2D eigenvalue weighted by atomic mass is 10.1. The summed E-state index contributed by atoms with van der Waals surface area (Å²) in [5.41, 5.74) is 1.34. The molecule has 0 saturated carbocycles. The molecule has 0 aromatic heterocycles. The molecule has 2 nitrogen and oxygen atoms in total. The maximum Gasteiger partial charge on any atom is 0.0169 e. The van der Waals surface area contributed by atoms with E-state index in [9.17, 15) is 0 Å². The molecule has 1 N–H and O–H groups in total. The van der Waals surface area contributed by atoms with Gasteiger partial charge in [-0.05, 0) is 32.9 Å². The summed E-state index contributed by atoms with van der Waals surface area (Å²) >= 11 is 1.96. The van der Waals surface area contributed by atoms with Gasteiger partial charge in [-0.15, -0.1) is 11.8 Å². The van der Waals surface area contributed by atoms with Crippen molar-refractivity contribution in [2.45, 2.75) is 37.8 Å². The van der Waals surface area contributed by atoms with Crippen molar-refractivity contribution in [1.82, 2.24) is 10.2 Å². The lowest BCUT2D eigenvalue weighted by Gasteiger charge is -2.36. The van der Waals surface area contributed by atoms with Gasteiger partial charge < -0.3 is 5.32 Å². The molecular formula is C15H24N2S. The Hall–Kier alpha value is -0.510. The molecule has 1 aromatic carbocycles. The highest BCUT2D eigenvalue weighted by molar-refractivity contribution is 7.99. The Labute approximate surface area is 115 Å². The third-order valence-electron chi connectivity index (χ3n) is 3.33. The highest BCUT2D eigenvalue weighted by atomic mass is 32.2. The molecule has 1 aliphatic rings. The van der Waals surface area contributed by atoms with Crippen molar-refractivity contribution in [3.8, 4) is 0 Å². The number of aryl methyl sites for hydroxylation is 1. The van der Waals surface area contributed by atoms with Crippen LogP contribution in [0.3, 0.4) is 0 Å². The van der Waals surface area contributed by atoms with Gasteiger partial charge in [0, 0.05) is 42.4 Å². The number of hydrogen-bond donors (Lipinski definition) is 1. The number of nitrogens with one attached hydrogen (secondary N) is 1. The SMILES string of the molecule is Cc1ccc(SCCN2CC(C)NC(C)C2)cc1. The van der Waals surface area contributed by atoms with Crippen LogP contribution >= 0.6 is 11.8 Å². The van der Waals surface area contributed by atoms with Crippen molar-refractivity contribution < 1.29 is 0 Å². The lowest BCUT2D eigenvalue weighted by molar-refractivity contribution is 0.183. The minimum Gasteiger partial charge on any atom is -0.309 e. The molecule has 2 rings (SSSR count). The van der Waals surface area contributed by atoms with Crippen molar-refractivity contribution in [1.29, 1.82) is 0 Å². The molecule has 2 atom stereocenters. The first-order valence-corrected chi connectivity index (χ1v) is 7.80. The normalized spacial score (nSPS) is 25.3. The summed E-state index contributed by atoms with van der Waals surface area (Å²) in [6.45, 7) is 10.2. The van der Waals surface area contributed by atoms with E-state index in [0.717, 1.165) is 0 Å². The highest BCUT2D eigenvalue weighted by Gasteiger charge is 2.20. The van der Waals surface area contributed by atoms with Crippen molar-refractivity contribution in [2.24, 2.45) is 0 Å².